The van der Waals surface area contributed by atoms with Gasteiger partial charge in [0.1, 0.15) is 0 Å². The molecular formula is C18H36N2. The maximum atomic E-state index is 3.77. The summed E-state index contributed by atoms with van der Waals surface area (Å²) in [6.45, 7) is 12.3. The van der Waals surface area contributed by atoms with Crippen molar-refractivity contribution in [2.75, 3.05) is 26.2 Å². The SMILES string of the molecule is CCC1CCC(CN2CCCNC(C(C)CC)C2)CC1. The minimum Gasteiger partial charge on any atom is -0.312 e. The van der Waals surface area contributed by atoms with E-state index in [9.17, 15) is 0 Å². The van der Waals surface area contributed by atoms with Gasteiger partial charge in [-0.15, -0.1) is 0 Å². The van der Waals surface area contributed by atoms with E-state index in [1.54, 1.807) is 0 Å². The molecule has 2 nitrogen and oxygen atoms in total. The number of rotatable bonds is 5. The topological polar surface area (TPSA) is 15.3 Å². The van der Waals surface area contributed by atoms with Crippen LogP contribution in [-0.2, 0) is 0 Å². The third kappa shape index (κ3) is 4.73. The van der Waals surface area contributed by atoms with Gasteiger partial charge >= 0.3 is 0 Å². The molecule has 0 aromatic rings. The molecule has 20 heavy (non-hydrogen) atoms. The van der Waals surface area contributed by atoms with Crippen molar-refractivity contribution in [2.45, 2.75) is 71.8 Å². The third-order valence-corrected chi connectivity index (χ3v) is 5.90. The van der Waals surface area contributed by atoms with Crippen LogP contribution in [0, 0.1) is 17.8 Å². The van der Waals surface area contributed by atoms with Crippen LogP contribution in [0.15, 0.2) is 0 Å². The van der Waals surface area contributed by atoms with Crippen molar-refractivity contribution >= 4 is 0 Å². The molecule has 2 aliphatic rings. The highest BCUT2D eigenvalue weighted by Crippen LogP contribution is 2.31. The fraction of sp³-hybridized carbons (Fsp3) is 1.00. The second kappa shape index (κ2) is 8.38. The van der Waals surface area contributed by atoms with Gasteiger partial charge in [0, 0.05) is 19.1 Å². The molecule has 0 aromatic heterocycles. The zero-order valence-corrected chi connectivity index (χ0v) is 14.0. The van der Waals surface area contributed by atoms with Gasteiger partial charge in [0.2, 0.25) is 0 Å². The van der Waals surface area contributed by atoms with E-state index < -0.39 is 0 Å². The summed E-state index contributed by atoms with van der Waals surface area (Å²) in [5.74, 6) is 2.82. The Labute approximate surface area is 126 Å². The molecule has 2 unspecified atom stereocenters. The quantitative estimate of drug-likeness (QED) is 0.821. The first kappa shape index (κ1) is 16.3. The van der Waals surface area contributed by atoms with Crippen molar-refractivity contribution in [1.82, 2.24) is 10.2 Å². The van der Waals surface area contributed by atoms with Crippen LogP contribution < -0.4 is 5.32 Å². The standard InChI is InChI=1S/C18H36N2/c1-4-15(3)18-14-20(12-6-11-19-18)13-17-9-7-16(5-2)8-10-17/h15-19H,4-14H2,1-3H3. The first-order chi connectivity index (χ1) is 9.72. The summed E-state index contributed by atoms with van der Waals surface area (Å²) >= 11 is 0. The maximum absolute atomic E-state index is 3.77. The van der Waals surface area contributed by atoms with E-state index >= 15 is 0 Å². The van der Waals surface area contributed by atoms with E-state index in [1.165, 1.54) is 71.1 Å². The summed E-state index contributed by atoms with van der Waals surface area (Å²) in [4.78, 5) is 2.77. The van der Waals surface area contributed by atoms with Gasteiger partial charge in [-0.3, -0.25) is 0 Å². The Morgan fingerprint density at radius 1 is 1.10 bits per heavy atom. The molecule has 2 atom stereocenters. The van der Waals surface area contributed by atoms with Crippen molar-refractivity contribution in [3.8, 4) is 0 Å². The van der Waals surface area contributed by atoms with Crippen LogP contribution in [-0.4, -0.2) is 37.1 Å². The molecule has 1 saturated heterocycles. The second-order valence-electron chi connectivity index (χ2n) is 7.35. The lowest BCUT2D eigenvalue weighted by atomic mass is 9.80. The number of nitrogens with zero attached hydrogens (tertiary/aromatic N) is 1. The monoisotopic (exact) mass is 280 g/mol. The maximum Gasteiger partial charge on any atom is 0.0220 e. The van der Waals surface area contributed by atoms with Crippen molar-refractivity contribution in [2.24, 2.45) is 17.8 Å². The predicted octanol–water partition coefficient (Wildman–Crippen LogP) is 3.91. The zero-order valence-electron chi connectivity index (χ0n) is 14.0. The minimum atomic E-state index is 0.717. The molecule has 2 rings (SSSR count). The smallest absolute Gasteiger partial charge is 0.0220 e. The number of nitrogens with one attached hydrogen (secondary N) is 1. The second-order valence-corrected chi connectivity index (χ2v) is 7.35. The first-order valence-corrected chi connectivity index (χ1v) is 9.18. The summed E-state index contributed by atoms with van der Waals surface area (Å²) in [5, 5.41) is 3.77. The molecule has 1 heterocycles. The summed E-state index contributed by atoms with van der Waals surface area (Å²) in [6.07, 6.45) is 9.97. The Hall–Kier alpha value is -0.0800. The number of hydrogen-bond acceptors (Lipinski definition) is 2. The van der Waals surface area contributed by atoms with Gasteiger partial charge in [0.15, 0.2) is 0 Å². The summed E-state index contributed by atoms with van der Waals surface area (Å²) in [5.41, 5.74) is 0. The van der Waals surface area contributed by atoms with E-state index in [0.717, 1.165) is 23.8 Å². The van der Waals surface area contributed by atoms with Crippen molar-refractivity contribution in [1.29, 1.82) is 0 Å². The van der Waals surface area contributed by atoms with Gasteiger partial charge < -0.3 is 10.2 Å². The van der Waals surface area contributed by atoms with Gasteiger partial charge in [-0.1, -0.05) is 46.5 Å². The number of hydrogen-bond donors (Lipinski definition) is 1. The Balaban J connectivity index is 1.79. The van der Waals surface area contributed by atoms with Crippen LogP contribution in [0.2, 0.25) is 0 Å². The lowest BCUT2D eigenvalue weighted by Crippen LogP contribution is -2.43. The van der Waals surface area contributed by atoms with E-state index in [2.05, 4.69) is 31.0 Å². The summed E-state index contributed by atoms with van der Waals surface area (Å²) in [6, 6.07) is 0.717. The Kier molecular flexibility index (Phi) is 6.83. The predicted molar refractivity (Wildman–Crippen MR) is 88.0 cm³/mol. The lowest BCUT2D eigenvalue weighted by molar-refractivity contribution is 0.167. The van der Waals surface area contributed by atoms with Gasteiger partial charge in [-0.05, 0) is 50.1 Å². The fourth-order valence-electron chi connectivity index (χ4n) is 4.04. The molecule has 2 fully saturated rings. The molecule has 1 N–H and O–H groups in total. The van der Waals surface area contributed by atoms with E-state index in [0.29, 0.717) is 0 Å². The molecule has 0 amide bonds. The van der Waals surface area contributed by atoms with Gasteiger partial charge in [-0.25, -0.2) is 0 Å². The van der Waals surface area contributed by atoms with Crippen LogP contribution in [0.25, 0.3) is 0 Å². The minimum absolute atomic E-state index is 0.717. The van der Waals surface area contributed by atoms with Crippen molar-refractivity contribution < 1.29 is 0 Å². The Bertz CT molecular complexity index is 258. The molecule has 2 heteroatoms. The van der Waals surface area contributed by atoms with E-state index in [-0.39, 0.29) is 0 Å². The molecule has 0 bridgehead atoms. The van der Waals surface area contributed by atoms with Crippen molar-refractivity contribution in [3.05, 3.63) is 0 Å². The van der Waals surface area contributed by atoms with E-state index in [4.69, 9.17) is 0 Å². The molecule has 1 saturated carbocycles. The molecule has 0 aromatic carbocycles. The lowest BCUT2D eigenvalue weighted by Gasteiger charge is -2.34. The Morgan fingerprint density at radius 2 is 1.80 bits per heavy atom. The highest BCUT2D eigenvalue weighted by atomic mass is 15.2. The average Bonchev–Trinajstić information content (AvgIpc) is 2.73. The van der Waals surface area contributed by atoms with E-state index in [1.807, 2.05) is 0 Å². The largest absolute Gasteiger partial charge is 0.312 e. The van der Waals surface area contributed by atoms with Crippen LogP contribution in [0.4, 0.5) is 0 Å². The van der Waals surface area contributed by atoms with Crippen LogP contribution in [0.1, 0.15) is 65.7 Å². The highest BCUT2D eigenvalue weighted by molar-refractivity contribution is 4.82. The zero-order chi connectivity index (χ0) is 14.4. The highest BCUT2D eigenvalue weighted by Gasteiger charge is 2.25. The fourth-order valence-corrected chi connectivity index (χ4v) is 4.04. The summed E-state index contributed by atoms with van der Waals surface area (Å²) in [7, 11) is 0. The Morgan fingerprint density at radius 3 is 2.45 bits per heavy atom. The normalized spacial score (nSPS) is 34.6. The van der Waals surface area contributed by atoms with Crippen LogP contribution >= 0.6 is 0 Å². The third-order valence-electron chi connectivity index (χ3n) is 5.90. The average molecular weight is 281 g/mol. The molecule has 1 aliphatic heterocycles. The van der Waals surface area contributed by atoms with Gasteiger partial charge in [0.05, 0.1) is 0 Å². The van der Waals surface area contributed by atoms with Crippen LogP contribution in [0.5, 0.6) is 0 Å². The first-order valence-electron chi connectivity index (χ1n) is 9.18. The molecule has 0 spiro atoms. The van der Waals surface area contributed by atoms with Gasteiger partial charge in [-0.2, -0.15) is 0 Å². The van der Waals surface area contributed by atoms with Crippen molar-refractivity contribution in [3.63, 3.8) is 0 Å². The molecular weight excluding hydrogens is 244 g/mol. The summed E-state index contributed by atoms with van der Waals surface area (Å²) < 4.78 is 0. The molecule has 118 valence electrons. The molecule has 1 aliphatic carbocycles. The van der Waals surface area contributed by atoms with Gasteiger partial charge in [0.25, 0.3) is 0 Å². The van der Waals surface area contributed by atoms with Crippen LogP contribution in [0.3, 0.4) is 0 Å². The molecule has 0 radical (unpaired) electrons.